The van der Waals surface area contributed by atoms with Gasteiger partial charge in [-0.1, -0.05) is 18.2 Å². The molecule has 0 heterocycles. The van der Waals surface area contributed by atoms with E-state index in [2.05, 4.69) is 21.2 Å². The summed E-state index contributed by atoms with van der Waals surface area (Å²) in [4.78, 5) is 34.4. The monoisotopic (exact) mass is 526 g/mol. The summed E-state index contributed by atoms with van der Waals surface area (Å²) in [5.41, 5.74) is 1.13. The van der Waals surface area contributed by atoms with Crippen LogP contribution in [-0.4, -0.2) is 29.0 Å². The van der Waals surface area contributed by atoms with Crippen LogP contribution >= 0.6 is 15.9 Å². The van der Waals surface area contributed by atoms with Gasteiger partial charge in [0.15, 0.2) is 11.5 Å². The number of methoxy groups -OCH3 is 1. The van der Waals surface area contributed by atoms with Gasteiger partial charge >= 0.3 is 5.97 Å². The second-order valence-electron chi connectivity index (χ2n) is 6.93. The molecule has 3 rings (SSSR count). The molecule has 0 fully saturated rings. The average molecular weight is 527 g/mol. The van der Waals surface area contributed by atoms with Gasteiger partial charge in [-0.25, -0.2) is 4.79 Å². The molecule has 0 atom stereocenters. The maximum absolute atomic E-state index is 12.4. The van der Waals surface area contributed by atoms with Crippen molar-refractivity contribution in [3.05, 3.63) is 104 Å². The van der Waals surface area contributed by atoms with Crippen molar-refractivity contribution in [2.24, 2.45) is 0 Å². The molecule has 2 N–H and O–H groups in total. The number of non-ortho nitro benzene ring substituents is 1. The molecule has 0 unspecified atom stereocenters. The fourth-order valence-corrected chi connectivity index (χ4v) is 3.51. The lowest BCUT2D eigenvalue weighted by Gasteiger charge is -2.14. The van der Waals surface area contributed by atoms with Gasteiger partial charge in [-0.05, 0) is 69.5 Å². The lowest BCUT2D eigenvalue weighted by atomic mass is 10.1. The van der Waals surface area contributed by atoms with Gasteiger partial charge in [0, 0.05) is 17.7 Å². The molecule has 0 saturated carbocycles. The van der Waals surface area contributed by atoms with Gasteiger partial charge in [0.25, 0.3) is 11.6 Å². The van der Waals surface area contributed by atoms with Crippen molar-refractivity contribution in [1.29, 1.82) is 0 Å². The minimum Gasteiger partial charge on any atom is -0.493 e. The van der Waals surface area contributed by atoms with E-state index in [4.69, 9.17) is 9.47 Å². The predicted molar refractivity (Wildman–Crippen MR) is 128 cm³/mol. The molecule has 0 aromatic heterocycles. The number of amides is 1. The van der Waals surface area contributed by atoms with Crippen LogP contribution in [0, 0.1) is 10.1 Å². The van der Waals surface area contributed by atoms with E-state index in [0.717, 1.165) is 0 Å². The highest BCUT2D eigenvalue weighted by Crippen LogP contribution is 2.37. The van der Waals surface area contributed by atoms with Crippen molar-refractivity contribution in [3.63, 3.8) is 0 Å². The van der Waals surface area contributed by atoms with Crippen molar-refractivity contribution in [3.8, 4) is 11.5 Å². The number of aliphatic carboxylic acids is 1. The number of ether oxygens (including phenoxy) is 2. The van der Waals surface area contributed by atoms with E-state index < -0.39 is 16.8 Å². The van der Waals surface area contributed by atoms with Crippen LogP contribution in [0.1, 0.15) is 21.5 Å². The molecule has 0 radical (unpaired) electrons. The fraction of sp³-hybridized carbons (Fsp3) is 0.0833. The third kappa shape index (κ3) is 6.20. The predicted octanol–water partition coefficient (Wildman–Crippen LogP) is 4.80. The normalized spacial score (nSPS) is 10.9. The van der Waals surface area contributed by atoms with E-state index in [9.17, 15) is 24.8 Å². The van der Waals surface area contributed by atoms with Crippen molar-refractivity contribution >= 4 is 39.6 Å². The van der Waals surface area contributed by atoms with Crippen LogP contribution in [0.2, 0.25) is 0 Å². The molecule has 0 aliphatic rings. The Labute approximate surface area is 202 Å². The number of nitrogens with one attached hydrogen (secondary N) is 1. The number of carbonyl (C=O) groups excluding carboxylic acids is 1. The maximum Gasteiger partial charge on any atom is 0.352 e. The Bertz CT molecular complexity index is 1240. The minimum absolute atomic E-state index is 0.0211. The van der Waals surface area contributed by atoms with E-state index in [1.807, 2.05) is 0 Å². The van der Waals surface area contributed by atoms with E-state index in [1.54, 1.807) is 54.6 Å². The molecular formula is C24H19BrN2O7. The molecular weight excluding hydrogens is 508 g/mol. The average Bonchev–Trinajstić information content (AvgIpc) is 2.83. The third-order valence-electron chi connectivity index (χ3n) is 4.61. The first-order valence-corrected chi connectivity index (χ1v) is 10.6. The number of nitro groups is 1. The lowest BCUT2D eigenvalue weighted by Crippen LogP contribution is -2.27. The van der Waals surface area contributed by atoms with Crippen LogP contribution in [0.3, 0.4) is 0 Å². The standard InChI is InChI=1S/C24H19BrN2O7/c1-33-21-13-16(12-20(24(29)30)26-23(28)17-5-3-2-4-6-17)11-19(25)22(21)34-14-15-7-9-18(10-8-15)27(31)32/h2-13H,14H2,1H3,(H,26,28)(H,29,30). The van der Waals surface area contributed by atoms with Gasteiger partial charge in [0.2, 0.25) is 0 Å². The Hall–Kier alpha value is -4.18. The third-order valence-corrected chi connectivity index (χ3v) is 5.20. The fourth-order valence-electron chi connectivity index (χ4n) is 2.93. The summed E-state index contributed by atoms with van der Waals surface area (Å²) in [5.74, 6) is -1.17. The summed E-state index contributed by atoms with van der Waals surface area (Å²) in [6.07, 6.45) is 1.30. The second kappa shape index (κ2) is 11.1. The SMILES string of the molecule is COc1cc(C=C(NC(=O)c2ccccc2)C(=O)O)cc(Br)c1OCc1ccc([N+](=O)[O-])cc1. The Balaban J connectivity index is 1.81. The van der Waals surface area contributed by atoms with Crippen LogP contribution < -0.4 is 14.8 Å². The number of rotatable bonds is 9. The number of halogens is 1. The second-order valence-corrected chi connectivity index (χ2v) is 7.78. The van der Waals surface area contributed by atoms with Crippen LogP contribution in [0.25, 0.3) is 6.08 Å². The largest absolute Gasteiger partial charge is 0.493 e. The smallest absolute Gasteiger partial charge is 0.352 e. The number of carboxylic acid groups (broad SMARTS) is 1. The van der Waals surface area contributed by atoms with E-state index in [1.165, 1.54) is 25.3 Å². The molecule has 0 saturated heterocycles. The highest BCUT2D eigenvalue weighted by Gasteiger charge is 2.16. The van der Waals surface area contributed by atoms with Gasteiger partial charge in [0.05, 0.1) is 16.5 Å². The first kappa shape index (κ1) is 24.5. The molecule has 9 nitrogen and oxygen atoms in total. The number of hydrogen-bond acceptors (Lipinski definition) is 6. The van der Waals surface area contributed by atoms with E-state index >= 15 is 0 Å². The Morgan fingerprint density at radius 3 is 2.38 bits per heavy atom. The molecule has 0 aliphatic heterocycles. The quantitative estimate of drug-likeness (QED) is 0.232. The number of hydrogen-bond donors (Lipinski definition) is 2. The van der Waals surface area contributed by atoms with Crippen LogP contribution in [0.4, 0.5) is 5.69 Å². The first-order valence-electron chi connectivity index (χ1n) is 9.83. The zero-order valence-electron chi connectivity index (χ0n) is 17.9. The number of nitrogens with zero attached hydrogens (tertiary/aromatic N) is 1. The van der Waals surface area contributed by atoms with Crippen molar-refractivity contribution in [2.45, 2.75) is 6.61 Å². The molecule has 34 heavy (non-hydrogen) atoms. The van der Waals surface area contributed by atoms with Gasteiger partial charge in [-0.15, -0.1) is 0 Å². The molecule has 3 aromatic carbocycles. The highest BCUT2D eigenvalue weighted by atomic mass is 79.9. The number of nitro benzene ring substituents is 1. The van der Waals surface area contributed by atoms with E-state index in [0.29, 0.717) is 32.7 Å². The van der Waals surface area contributed by atoms with Crippen LogP contribution in [0.15, 0.2) is 76.9 Å². The molecule has 0 aliphatic carbocycles. The molecule has 0 spiro atoms. The summed E-state index contributed by atoms with van der Waals surface area (Å²) in [6, 6.07) is 17.4. The summed E-state index contributed by atoms with van der Waals surface area (Å²) in [5, 5.41) is 22.7. The van der Waals surface area contributed by atoms with Gasteiger partial charge < -0.3 is 19.9 Å². The topological polar surface area (TPSA) is 128 Å². The Morgan fingerprint density at radius 1 is 1.12 bits per heavy atom. The van der Waals surface area contributed by atoms with Crippen molar-refractivity contribution in [2.75, 3.05) is 7.11 Å². The van der Waals surface area contributed by atoms with Crippen LogP contribution in [-0.2, 0) is 11.4 Å². The molecule has 3 aromatic rings. The zero-order valence-corrected chi connectivity index (χ0v) is 19.4. The van der Waals surface area contributed by atoms with Crippen LogP contribution in [0.5, 0.6) is 11.5 Å². The van der Waals surface area contributed by atoms with E-state index in [-0.39, 0.29) is 18.0 Å². The van der Waals surface area contributed by atoms with Gasteiger partial charge in [-0.2, -0.15) is 0 Å². The summed E-state index contributed by atoms with van der Waals surface area (Å²) >= 11 is 3.40. The lowest BCUT2D eigenvalue weighted by molar-refractivity contribution is -0.384. The van der Waals surface area contributed by atoms with Crippen molar-refractivity contribution in [1.82, 2.24) is 5.32 Å². The number of carbonyl (C=O) groups is 2. The minimum atomic E-state index is -1.31. The number of carboxylic acids is 1. The molecule has 0 bridgehead atoms. The summed E-state index contributed by atoms with van der Waals surface area (Å²) < 4.78 is 11.7. The summed E-state index contributed by atoms with van der Waals surface area (Å²) in [6.45, 7) is 0.121. The molecule has 10 heteroatoms. The summed E-state index contributed by atoms with van der Waals surface area (Å²) in [7, 11) is 1.43. The van der Waals surface area contributed by atoms with Gasteiger partial charge in [0.1, 0.15) is 12.3 Å². The Morgan fingerprint density at radius 2 is 1.79 bits per heavy atom. The highest BCUT2D eigenvalue weighted by molar-refractivity contribution is 9.10. The molecule has 1 amide bonds. The molecule has 174 valence electrons. The Kier molecular flexibility index (Phi) is 7.99. The van der Waals surface area contributed by atoms with Crippen molar-refractivity contribution < 1.29 is 29.1 Å². The van der Waals surface area contributed by atoms with Gasteiger partial charge in [-0.3, -0.25) is 14.9 Å². The number of benzene rings is 3. The maximum atomic E-state index is 12.4. The zero-order chi connectivity index (χ0) is 24.7. The first-order chi connectivity index (χ1) is 16.3.